The molecule has 4 N–H and O–H groups in total. The van der Waals surface area contributed by atoms with Crippen LogP contribution in [0, 0.1) is 0 Å². The van der Waals surface area contributed by atoms with Crippen molar-refractivity contribution in [2.24, 2.45) is 5.73 Å². The van der Waals surface area contributed by atoms with Gasteiger partial charge in [0.15, 0.2) is 0 Å². The van der Waals surface area contributed by atoms with Crippen LogP contribution in [0.4, 0.5) is 5.82 Å². The summed E-state index contributed by atoms with van der Waals surface area (Å²) >= 11 is 1.52. The summed E-state index contributed by atoms with van der Waals surface area (Å²) < 4.78 is 10.9. The van der Waals surface area contributed by atoms with Gasteiger partial charge in [-0.15, -0.1) is 0 Å². The van der Waals surface area contributed by atoms with Crippen LogP contribution >= 0.6 is 11.8 Å². The molecule has 0 saturated carbocycles. The van der Waals surface area contributed by atoms with Gasteiger partial charge in [-0.3, -0.25) is 9.59 Å². The molecule has 3 heterocycles. The molecule has 2 amide bonds. The van der Waals surface area contributed by atoms with E-state index in [4.69, 9.17) is 15.2 Å². The quantitative estimate of drug-likeness (QED) is 0.468. The summed E-state index contributed by atoms with van der Waals surface area (Å²) in [4.78, 5) is 31.3. The summed E-state index contributed by atoms with van der Waals surface area (Å²) in [7, 11) is 0. The molecule has 0 radical (unpaired) electrons. The molecular weight excluding hydrogens is 480 g/mol. The summed E-state index contributed by atoms with van der Waals surface area (Å²) in [5.41, 5.74) is 7.64. The monoisotopic (exact) mass is 512 g/mol. The molecular formula is C26H32N4O5S. The van der Waals surface area contributed by atoms with Crippen LogP contribution in [-0.4, -0.2) is 65.3 Å². The predicted molar refractivity (Wildman–Crippen MR) is 138 cm³/mol. The van der Waals surface area contributed by atoms with Gasteiger partial charge >= 0.3 is 0 Å². The maximum atomic E-state index is 12.7. The van der Waals surface area contributed by atoms with Crippen LogP contribution in [0.3, 0.4) is 0 Å². The molecule has 1 aromatic heterocycles. The zero-order valence-electron chi connectivity index (χ0n) is 20.5. The first-order chi connectivity index (χ1) is 17.2. The first-order valence-corrected chi connectivity index (χ1v) is 12.8. The number of nitrogens with two attached hydrogens (primary N) is 1. The van der Waals surface area contributed by atoms with Crippen LogP contribution in [0.15, 0.2) is 53.1 Å². The number of hydrogen-bond donors (Lipinski definition) is 3. The Morgan fingerprint density at radius 2 is 1.94 bits per heavy atom. The van der Waals surface area contributed by atoms with Crippen molar-refractivity contribution < 1.29 is 24.2 Å². The third-order valence-electron chi connectivity index (χ3n) is 5.80. The second kappa shape index (κ2) is 11.4. The van der Waals surface area contributed by atoms with Gasteiger partial charge in [-0.05, 0) is 50.1 Å². The Balaban J connectivity index is 1.41. The third-order valence-corrected chi connectivity index (χ3v) is 7.11. The van der Waals surface area contributed by atoms with Gasteiger partial charge in [0, 0.05) is 29.5 Å². The molecule has 1 atom stereocenters. The molecule has 1 aromatic carbocycles. The number of thioether (sulfide) groups is 1. The summed E-state index contributed by atoms with van der Waals surface area (Å²) in [6.07, 6.45) is 0.480. The summed E-state index contributed by atoms with van der Waals surface area (Å²) in [6, 6.07) is 13.0. The molecule has 2 aromatic rings. The zero-order chi connectivity index (χ0) is 25.7. The normalized spacial score (nSPS) is 18.4. The van der Waals surface area contributed by atoms with Crippen molar-refractivity contribution in [3.05, 3.63) is 69.9 Å². The number of pyridine rings is 1. The Bertz CT molecular complexity index is 1120. The van der Waals surface area contributed by atoms with Crippen LogP contribution in [0.25, 0.3) is 0 Å². The molecule has 0 bridgehead atoms. The molecule has 10 heteroatoms. The second-order valence-electron chi connectivity index (χ2n) is 9.45. The number of carbonyl (C=O) groups is 2. The fourth-order valence-electron chi connectivity index (χ4n) is 3.98. The van der Waals surface area contributed by atoms with E-state index in [1.54, 1.807) is 18.7 Å². The fourth-order valence-corrected chi connectivity index (χ4v) is 5.29. The maximum absolute atomic E-state index is 12.7. The highest BCUT2D eigenvalue weighted by atomic mass is 32.2. The van der Waals surface area contributed by atoms with Gasteiger partial charge in [0.25, 0.3) is 5.91 Å². The van der Waals surface area contributed by atoms with E-state index in [1.807, 2.05) is 42.5 Å². The number of morpholine rings is 1. The topological polar surface area (TPSA) is 127 Å². The SMILES string of the molecule is CC(C)(O)COCc1cccc(NC2=C(C(N)=O)CC(c3ccc(C(=O)N4CCOCC4)cc3)S2)n1. The molecule has 9 nitrogen and oxygen atoms in total. The minimum absolute atomic E-state index is 0.000261. The second-order valence-corrected chi connectivity index (χ2v) is 10.7. The molecule has 1 fully saturated rings. The summed E-state index contributed by atoms with van der Waals surface area (Å²) in [5, 5.41) is 13.7. The van der Waals surface area contributed by atoms with Crippen LogP contribution in [0.2, 0.25) is 0 Å². The van der Waals surface area contributed by atoms with Crippen LogP contribution in [-0.2, 0) is 20.9 Å². The molecule has 2 aliphatic heterocycles. The van der Waals surface area contributed by atoms with Crippen molar-refractivity contribution in [1.82, 2.24) is 9.88 Å². The van der Waals surface area contributed by atoms with E-state index in [1.165, 1.54) is 11.8 Å². The number of aliphatic hydroxyl groups is 1. The number of hydrogen-bond acceptors (Lipinski definition) is 8. The van der Waals surface area contributed by atoms with E-state index in [9.17, 15) is 14.7 Å². The number of nitrogens with zero attached hydrogens (tertiary/aromatic N) is 2. The number of amides is 2. The zero-order valence-corrected chi connectivity index (χ0v) is 21.3. The van der Waals surface area contributed by atoms with Crippen molar-refractivity contribution in [3.63, 3.8) is 0 Å². The molecule has 1 unspecified atom stereocenters. The highest BCUT2D eigenvalue weighted by Crippen LogP contribution is 2.47. The van der Waals surface area contributed by atoms with E-state index >= 15 is 0 Å². The van der Waals surface area contributed by atoms with E-state index in [2.05, 4.69) is 10.3 Å². The van der Waals surface area contributed by atoms with E-state index in [0.717, 1.165) is 5.56 Å². The van der Waals surface area contributed by atoms with Crippen molar-refractivity contribution in [2.75, 3.05) is 38.2 Å². The molecule has 4 rings (SSSR count). The lowest BCUT2D eigenvalue weighted by Crippen LogP contribution is -2.40. The number of ether oxygens (including phenoxy) is 2. The Kier molecular flexibility index (Phi) is 8.30. The van der Waals surface area contributed by atoms with Gasteiger partial charge in [0.05, 0.1) is 42.8 Å². The first kappa shape index (κ1) is 26.2. The maximum Gasteiger partial charge on any atom is 0.254 e. The number of nitrogens with one attached hydrogen (secondary N) is 1. The van der Waals surface area contributed by atoms with Crippen molar-refractivity contribution >= 4 is 29.4 Å². The lowest BCUT2D eigenvalue weighted by molar-refractivity contribution is -0.114. The number of rotatable bonds is 9. The Morgan fingerprint density at radius 1 is 1.22 bits per heavy atom. The predicted octanol–water partition coefficient (Wildman–Crippen LogP) is 2.83. The summed E-state index contributed by atoms with van der Waals surface area (Å²) in [5.74, 6) is 0.101. The standard InChI is InChI=1S/C26H32N4O5S/c1-26(2,33)16-35-15-19-4-3-5-22(28-19)29-24-20(23(27)31)14-21(36-24)17-6-8-18(9-7-17)25(32)30-10-12-34-13-11-30/h3-9,21,33H,10-16H2,1-2H3,(H2,27,31)(H,28,29). The van der Waals surface area contributed by atoms with Crippen LogP contribution in [0.1, 0.15) is 47.1 Å². The highest BCUT2D eigenvalue weighted by molar-refractivity contribution is 8.03. The van der Waals surface area contributed by atoms with Gasteiger partial charge in [-0.2, -0.15) is 0 Å². The Morgan fingerprint density at radius 3 is 2.61 bits per heavy atom. The lowest BCUT2D eigenvalue weighted by atomic mass is 10.0. The van der Waals surface area contributed by atoms with Gasteiger partial charge in [0.1, 0.15) is 5.82 Å². The largest absolute Gasteiger partial charge is 0.388 e. The van der Waals surface area contributed by atoms with Crippen molar-refractivity contribution in [2.45, 2.75) is 37.7 Å². The molecule has 2 aliphatic rings. The first-order valence-electron chi connectivity index (χ1n) is 11.9. The van der Waals surface area contributed by atoms with Gasteiger partial charge in [0.2, 0.25) is 5.91 Å². The Labute approximate surface area is 215 Å². The number of benzene rings is 1. The fraction of sp³-hybridized carbons (Fsp3) is 0.423. The number of carbonyl (C=O) groups excluding carboxylic acids is 2. The minimum atomic E-state index is -0.916. The number of aromatic nitrogens is 1. The van der Waals surface area contributed by atoms with Crippen LogP contribution in [0.5, 0.6) is 0 Å². The average Bonchev–Trinajstić information content (AvgIpc) is 3.28. The number of primary amides is 1. The van der Waals surface area contributed by atoms with E-state index in [0.29, 0.717) is 60.4 Å². The lowest BCUT2D eigenvalue weighted by Gasteiger charge is -2.27. The molecule has 1 saturated heterocycles. The van der Waals surface area contributed by atoms with E-state index < -0.39 is 11.5 Å². The minimum Gasteiger partial charge on any atom is -0.388 e. The average molecular weight is 513 g/mol. The molecule has 36 heavy (non-hydrogen) atoms. The van der Waals surface area contributed by atoms with Gasteiger partial charge < -0.3 is 30.5 Å². The van der Waals surface area contributed by atoms with Crippen molar-refractivity contribution in [3.8, 4) is 0 Å². The smallest absolute Gasteiger partial charge is 0.254 e. The van der Waals surface area contributed by atoms with Gasteiger partial charge in [-0.1, -0.05) is 30.0 Å². The van der Waals surface area contributed by atoms with Crippen LogP contribution < -0.4 is 11.1 Å². The summed E-state index contributed by atoms with van der Waals surface area (Å²) in [6.45, 7) is 6.13. The van der Waals surface area contributed by atoms with Gasteiger partial charge in [-0.25, -0.2) is 4.98 Å². The third kappa shape index (κ3) is 6.85. The number of anilines is 1. The van der Waals surface area contributed by atoms with E-state index in [-0.39, 0.29) is 24.4 Å². The molecule has 0 spiro atoms. The highest BCUT2D eigenvalue weighted by Gasteiger charge is 2.30. The molecule has 192 valence electrons. The Hall–Kier alpha value is -2.92. The van der Waals surface area contributed by atoms with Crippen molar-refractivity contribution in [1.29, 1.82) is 0 Å². The molecule has 0 aliphatic carbocycles.